The molecule has 8 nitrogen and oxygen atoms in total. The zero-order valence-corrected chi connectivity index (χ0v) is 23.3. The van der Waals surface area contributed by atoms with Gasteiger partial charge in [0.25, 0.3) is 5.91 Å². The largest absolute Gasteiger partial charge is 0.492 e. The third-order valence-corrected chi connectivity index (χ3v) is 7.16. The molecule has 212 valence electrons. The molecule has 0 atom stereocenters. The van der Waals surface area contributed by atoms with E-state index in [-0.39, 0.29) is 18.5 Å². The van der Waals surface area contributed by atoms with Gasteiger partial charge in [0.2, 0.25) is 0 Å². The van der Waals surface area contributed by atoms with Gasteiger partial charge in [0.05, 0.1) is 29.9 Å². The molecule has 41 heavy (non-hydrogen) atoms. The topological polar surface area (TPSA) is 129 Å². The predicted octanol–water partition coefficient (Wildman–Crippen LogP) is 5.30. The lowest BCUT2D eigenvalue weighted by Gasteiger charge is -2.08. The fourth-order valence-electron chi connectivity index (χ4n) is 4.01. The Balaban J connectivity index is 1.48. The van der Waals surface area contributed by atoms with E-state index in [2.05, 4.69) is 20.3 Å². The maximum absolute atomic E-state index is 13.8. The van der Waals surface area contributed by atoms with E-state index in [0.29, 0.717) is 31.0 Å². The lowest BCUT2D eigenvalue weighted by molar-refractivity contribution is -0.116. The van der Waals surface area contributed by atoms with Crippen LogP contribution in [0.2, 0.25) is 0 Å². The Labute approximate surface area is 240 Å². The SMILES string of the molecule is CCOC(=CN)C=C(C=NCc1ccc(-c2ccc3ncnc(CN)c3c2)s1)C(=O)NCC1=CCC=C(F)C(F)=C1. The lowest BCUT2D eigenvalue weighted by atomic mass is 10.1. The molecule has 1 aliphatic rings. The van der Waals surface area contributed by atoms with E-state index in [1.165, 1.54) is 24.8 Å². The number of nitrogens with zero attached hydrogens (tertiary/aromatic N) is 3. The van der Waals surface area contributed by atoms with Gasteiger partial charge in [0.1, 0.15) is 12.1 Å². The summed E-state index contributed by atoms with van der Waals surface area (Å²) in [4.78, 5) is 28.1. The Bertz CT molecular complexity index is 1600. The number of nitrogens with two attached hydrogens (primary N) is 2. The summed E-state index contributed by atoms with van der Waals surface area (Å²) in [5.41, 5.74) is 14.8. The van der Waals surface area contributed by atoms with Crippen molar-refractivity contribution < 1.29 is 18.3 Å². The summed E-state index contributed by atoms with van der Waals surface area (Å²) in [6, 6.07) is 9.98. The molecule has 2 heterocycles. The number of carbonyl (C=O) groups excluding carboxylic acids is 1. The summed E-state index contributed by atoms with van der Waals surface area (Å²) < 4.78 is 32.7. The molecule has 4 rings (SSSR count). The van der Waals surface area contributed by atoms with Crippen LogP contribution in [0.15, 0.2) is 101 Å². The summed E-state index contributed by atoms with van der Waals surface area (Å²) in [6.45, 7) is 2.81. The predicted molar refractivity (Wildman–Crippen MR) is 159 cm³/mol. The van der Waals surface area contributed by atoms with Gasteiger partial charge in [-0.15, -0.1) is 11.3 Å². The molecule has 0 saturated carbocycles. The number of hydrogen-bond acceptors (Lipinski definition) is 8. The van der Waals surface area contributed by atoms with E-state index in [9.17, 15) is 13.6 Å². The summed E-state index contributed by atoms with van der Waals surface area (Å²) in [5.74, 6) is -2.07. The van der Waals surface area contributed by atoms with Crippen molar-refractivity contribution in [2.75, 3.05) is 13.2 Å². The monoisotopic (exact) mass is 576 g/mol. The maximum atomic E-state index is 13.8. The van der Waals surface area contributed by atoms with Crippen LogP contribution in [0, 0.1) is 0 Å². The first-order valence-corrected chi connectivity index (χ1v) is 13.7. The molecule has 0 saturated heterocycles. The average Bonchev–Trinajstić information content (AvgIpc) is 3.40. The van der Waals surface area contributed by atoms with Gasteiger partial charge in [-0.2, -0.15) is 0 Å². The zero-order chi connectivity index (χ0) is 29.2. The molecule has 1 amide bonds. The molecule has 11 heteroatoms. The highest BCUT2D eigenvalue weighted by atomic mass is 32.1. The number of aliphatic imine (C=N–C) groups is 1. The number of hydrogen-bond donors (Lipinski definition) is 3. The third kappa shape index (κ3) is 7.80. The fourth-order valence-corrected chi connectivity index (χ4v) is 4.95. The van der Waals surface area contributed by atoms with Gasteiger partial charge in [-0.05, 0) is 67.0 Å². The molecule has 0 spiro atoms. The molecule has 3 aromatic rings. The van der Waals surface area contributed by atoms with E-state index in [1.54, 1.807) is 24.3 Å². The maximum Gasteiger partial charge on any atom is 0.253 e. The van der Waals surface area contributed by atoms with E-state index < -0.39 is 17.6 Å². The van der Waals surface area contributed by atoms with Crippen molar-refractivity contribution in [3.63, 3.8) is 0 Å². The first-order valence-electron chi connectivity index (χ1n) is 12.9. The van der Waals surface area contributed by atoms with Gasteiger partial charge < -0.3 is 21.5 Å². The van der Waals surface area contributed by atoms with Crippen LogP contribution in [0.25, 0.3) is 21.3 Å². The minimum atomic E-state index is -0.975. The summed E-state index contributed by atoms with van der Waals surface area (Å²) in [7, 11) is 0. The summed E-state index contributed by atoms with van der Waals surface area (Å²) >= 11 is 1.58. The smallest absolute Gasteiger partial charge is 0.253 e. The summed E-state index contributed by atoms with van der Waals surface area (Å²) in [6.07, 6.45) is 9.75. The number of rotatable bonds is 11. The van der Waals surface area contributed by atoms with Gasteiger partial charge in [-0.25, -0.2) is 18.7 Å². The van der Waals surface area contributed by atoms with Gasteiger partial charge in [0.15, 0.2) is 11.7 Å². The number of amides is 1. The highest BCUT2D eigenvalue weighted by Crippen LogP contribution is 2.31. The Kier molecular flexibility index (Phi) is 10.2. The van der Waals surface area contributed by atoms with Gasteiger partial charge in [-0.1, -0.05) is 12.1 Å². The molecule has 0 aliphatic heterocycles. The number of ether oxygens (including phenoxy) is 1. The van der Waals surface area contributed by atoms with E-state index >= 15 is 0 Å². The number of thiophene rings is 1. The average molecular weight is 577 g/mol. The number of nitrogens with one attached hydrogen (secondary N) is 1. The molecule has 5 N–H and O–H groups in total. The lowest BCUT2D eigenvalue weighted by Crippen LogP contribution is -2.27. The number of allylic oxidation sites excluding steroid dienone is 5. The van der Waals surface area contributed by atoms with Crippen molar-refractivity contribution in [3.8, 4) is 10.4 Å². The van der Waals surface area contributed by atoms with Crippen LogP contribution in [-0.2, 0) is 22.6 Å². The quantitative estimate of drug-likeness (QED) is 0.123. The van der Waals surface area contributed by atoms with Crippen LogP contribution < -0.4 is 16.8 Å². The minimum Gasteiger partial charge on any atom is -0.492 e. The Morgan fingerprint density at radius 3 is 2.83 bits per heavy atom. The van der Waals surface area contributed by atoms with Crippen LogP contribution in [0.3, 0.4) is 0 Å². The Hall–Kier alpha value is -4.48. The van der Waals surface area contributed by atoms with Gasteiger partial charge in [-0.3, -0.25) is 9.79 Å². The second-order valence-electron chi connectivity index (χ2n) is 8.84. The molecular weight excluding hydrogens is 546 g/mol. The first kappa shape index (κ1) is 29.5. The van der Waals surface area contributed by atoms with Crippen molar-refractivity contribution in [2.45, 2.75) is 26.4 Å². The Morgan fingerprint density at radius 2 is 2.05 bits per heavy atom. The Morgan fingerprint density at radius 1 is 1.20 bits per heavy atom. The van der Waals surface area contributed by atoms with Crippen LogP contribution in [0.5, 0.6) is 0 Å². The van der Waals surface area contributed by atoms with Crippen molar-refractivity contribution in [1.82, 2.24) is 15.3 Å². The molecule has 0 bridgehead atoms. The van der Waals surface area contributed by atoms with Crippen LogP contribution in [0.4, 0.5) is 8.78 Å². The number of fused-ring (bicyclic) bond motifs is 1. The number of aromatic nitrogens is 2. The first-order chi connectivity index (χ1) is 19.9. The van der Waals surface area contributed by atoms with E-state index in [4.69, 9.17) is 16.2 Å². The van der Waals surface area contributed by atoms with E-state index in [0.717, 1.165) is 44.1 Å². The van der Waals surface area contributed by atoms with Crippen molar-refractivity contribution in [1.29, 1.82) is 0 Å². The molecule has 1 aromatic carbocycles. The molecule has 0 fully saturated rings. The minimum absolute atomic E-state index is 0.00577. The van der Waals surface area contributed by atoms with Crippen molar-refractivity contribution >= 4 is 34.4 Å². The molecule has 0 unspecified atom stereocenters. The number of benzene rings is 1. The highest BCUT2D eigenvalue weighted by Gasteiger charge is 2.13. The molecular formula is C30H30F2N6O2S. The highest BCUT2D eigenvalue weighted by molar-refractivity contribution is 7.15. The zero-order valence-electron chi connectivity index (χ0n) is 22.4. The molecule has 2 aromatic heterocycles. The number of carbonyl (C=O) groups is 1. The molecule has 0 radical (unpaired) electrons. The molecule has 1 aliphatic carbocycles. The second kappa shape index (κ2) is 14.2. The van der Waals surface area contributed by atoms with Gasteiger partial charge >= 0.3 is 0 Å². The standard InChI is InChI=1S/C30H30F2N6O2S/c1-2-40-22(13-33)11-21(30(39)36-15-19-4-3-5-25(31)26(32)10-19)16-35-17-23-7-9-29(41-23)20-6-8-27-24(12-20)28(14-34)38-18-37-27/h4-13,16,18H,2-3,14-15,17,33-34H2,1H3,(H,36,39). The summed E-state index contributed by atoms with van der Waals surface area (Å²) in [5, 5.41) is 3.64. The third-order valence-electron chi connectivity index (χ3n) is 6.04. The fraction of sp³-hybridized carbons (Fsp3) is 0.200. The van der Waals surface area contributed by atoms with Crippen LogP contribution >= 0.6 is 11.3 Å². The van der Waals surface area contributed by atoms with Crippen LogP contribution in [-0.4, -0.2) is 35.2 Å². The van der Waals surface area contributed by atoms with Crippen molar-refractivity contribution in [2.24, 2.45) is 16.5 Å². The number of halogens is 2. The van der Waals surface area contributed by atoms with E-state index in [1.807, 2.05) is 30.3 Å². The van der Waals surface area contributed by atoms with Crippen LogP contribution in [0.1, 0.15) is 23.9 Å². The van der Waals surface area contributed by atoms with Crippen molar-refractivity contribution in [3.05, 3.63) is 106 Å². The van der Waals surface area contributed by atoms with Gasteiger partial charge in [0, 0.05) is 40.6 Å². The second-order valence-corrected chi connectivity index (χ2v) is 10.0. The normalized spacial score (nSPS) is 14.5.